The molecule has 0 spiro atoms. The van der Waals surface area contributed by atoms with E-state index >= 15 is 0 Å². The van der Waals surface area contributed by atoms with Crippen LogP contribution in [0, 0.1) is 0 Å². The van der Waals surface area contributed by atoms with Gasteiger partial charge in [-0.2, -0.15) is 0 Å². The maximum Gasteiger partial charge on any atom is 0.500 e. The summed E-state index contributed by atoms with van der Waals surface area (Å²) in [6.45, 7) is 0. The van der Waals surface area contributed by atoms with Gasteiger partial charge in [-0.3, -0.25) is 9.59 Å². The van der Waals surface area contributed by atoms with Crippen molar-refractivity contribution in [1.82, 2.24) is 0 Å². The van der Waals surface area contributed by atoms with E-state index < -0.39 is 17.6 Å². The maximum absolute atomic E-state index is 12.0. The molecular weight excluding hydrogens is 513 g/mol. The average molecular weight is 559 g/mol. The lowest BCUT2D eigenvalue weighted by atomic mass is 10.1. The van der Waals surface area contributed by atoms with Crippen molar-refractivity contribution in [2.75, 3.05) is 54.2 Å². The van der Waals surface area contributed by atoms with Gasteiger partial charge in [0.05, 0.1) is 0 Å². The van der Waals surface area contributed by atoms with Gasteiger partial charge in [0.1, 0.15) is 0 Å². The van der Waals surface area contributed by atoms with Crippen molar-refractivity contribution in [2.24, 2.45) is 0 Å². The molecule has 0 fully saturated rings. The van der Waals surface area contributed by atoms with Gasteiger partial charge in [0.25, 0.3) is 0 Å². The highest BCUT2D eigenvalue weighted by atomic mass is 32.2. The predicted octanol–water partition coefficient (Wildman–Crippen LogP) is 5.16. The summed E-state index contributed by atoms with van der Waals surface area (Å²) in [4.78, 5) is 24.0. The van der Waals surface area contributed by atoms with E-state index in [1.807, 2.05) is 0 Å². The van der Waals surface area contributed by atoms with Crippen LogP contribution in [0.2, 0.25) is 12.1 Å². The first-order valence-corrected chi connectivity index (χ1v) is 17.8. The zero-order valence-corrected chi connectivity index (χ0v) is 25.6. The number of rotatable bonds is 23. The molecule has 0 saturated heterocycles. The van der Waals surface area contributed by atoms with Gasteiger partial charge in [-0.15, -0.1) is 0 Å². The fourth-order valence-corrected chi connectivity index (χ4v) is 9.02. The minimum atomic E-state index is -2.52. The molecule has 12 heteroatoms. The van der Waals surface area contributed by atoms with Crippen LogP contribution in [-0.2, 0) is 36.1 Å². The third-order valence-corrected chi connectivity index (χ3v) is 13.4. The smallest absolute Gasteiger partial charge is 0.377 e. The Balaban J connectivity index is 3.62. The van der Waals surface area contributed by atoms with Crippen LogP contribution >= 0.6 is 23.5 Å². The van der Waals surface area contributed by atoms with Crippen molar-refractivity contribution in [1.29, 1.82) is 0 Å². The Hall–Kier alpha value is 0.234. The average Bonchev–Trinajstić information content (AvgIpc) is 2.86. The number of unbranched alkanes of at least 4 members (excludes halogenated alkanes) is 5. The summed E-state index contributed by atoms with van der Waals surface area (Å²) in [6.07, 6.45) is 9.14. The first kappa shape index (κ1) is 34.2. The Morgan fingerprint density at radius 1 is 0.500 bits per heavy atom. The quantitative estimate of drug-likeness (QED) is 0.124. The first-order valence-electron chi connectivity index (χ1n) is 12.0. The third-order valence-electron chi connectivity index (χ3n) is 5.66. The monoisotopic (exact) mass is 558 g/mol. The highest BCUT2D eigenvalue weighted by Crippen LogP contribution is 2.20. The van der Waals surface area contributed by atoms with Gasteiger partial charge < -0.3 is 26.6 Å². The summed E-state index contributed by atoms with van der Waals surface area (Å²) in [6, 6.07) is 1.44. The van der Waals surface area contributed by atoms with Crippen LogP contribution in [-0.4, -0.2) is 82.0 Å². The van der Waals surface area contributed by atoms with Crippen LogP contribution in [0.5, 0.6) is 0 Å². The summed E-state index contributed by atoms with van der Waals surface area (Å²) in [7, 11) is 4.60. The zero-order chi connectivity index (χ0) is 25.7. The molecule has 34 heavy (non-hydrogen) atoms. The molecule has 8 nitrogen and oxygen atoms in total. The van der Waals surface area contributed by atoms with E-state index in [4.69, 9.17) is 26.6 Å². The summed E-state index contributed by atoms with van der Waals surface area (Å²) in [5.74, 6) is 1.54. The van der Waals surface area contributed by atoms with Crippen LogP contribution in [0.25, 0.3) is 0 Å². The van der Waals surface area contributed by atoms with Crippen molar-refractivity contribution >= 4 is 51.4 Å². The molecule has 0 unspecified atom stereocenters. The SMILES string of the molecule is CO[Si](CCCSC(=O)CCCCCCCCC(=O)SCCC[Si](OC)(OC)OC)(OC)OC. The van der Waals surface area contributed by atoms with E-state index in [2.05, 4.69) is 0 Å². The first-order chi connectivity index (χ1) is 16.4. The van der Waals surface area contributed by atoms with Crippen molar-refractivity contribution in [3.05, 3.63) is 0 Å². The van der Waals surface area contributed by atoms with Crippen molar-refractivity contribution in [2.45, 2.75) is 76.3 Å². The van der Waals surface area contributed by atoms with Gasteiger partial charge in [-0.05, 0) is 25.7 Å². The minimum absolute atomic E-state index is 0.253. The van der Waals surface area contributed by atoms with Crippen molar-refractivity contribution in [3.8, 4) is 0 Å². The van der Waals surface area contributed by atoms with Gasteiger partial charge in [-0.1, -0.05) is 49.2 Å². The molecule has 0 aromatic heterocycles. The fourth-order valence-electron chi connectivity index (χ4n) is 3.45. The Bertz CT molecular complexity index is 473. The van der Waals surface area contributed by atoms with E-state index in [0.717, 1.165) is 75.0 Å². The largest absolute Gasteiger partial charge is 0.500 e. The molecule has 0 aliphatic heterocycles. The lowest BCUT2D eigenvalue weighted by molar-refractivity contribution is -0.111. The van der Waals surface area contributed by atoms with Crippen LogP contribution < -0.4 is 0 Å². The van der Waals surface area contributed by atoms with Crippen LogP contribution in [0.3, 0.4) is 0 Å². The van der Waals surface area contributed by atoms with Crippen LogP contribution in [0.4, 0.5) is 0 Å². The van der Waals surface area contributed by atoms with Gasteiger partial charge in [0.15, 0.2) is 10.2 Å². The Labute approximate surface area is 217 Å². The fraction of sp³-hybridized carbons (Fsp3) is 0.909. The summed E-state index contributed by atoms with van der Waals surface area (Å²) in [5.41, 5.74) is 0. The van der Waals surface area contributed by atoms with Crippen molar-refractivity contribution < 1.29 is 36.1 Å². The number of carbonyl (C=O) groups is 2. The number of hydrogen-bond donors (Lipinski definition) is 0. The molecule has 0 N–H and O–H groups in total. The lowest BCUT2D eigenvalue weighted by Gasteiger charge is -2.24. The number of hydrogen-bond acceptors (Lipinski definition) is 10. The molecule has 0 aromatic carbocycles. The third kappa shape index (κ3) is 15.4. The Morgan fingerprint density at radius 2 is 0.794 bits per heavy atom. The predicted molar refractivity (Wildman–Crippen MR) is 144 cm³/mol. The summed E-state index contributed by atoms with van der Waals surface area (Å²) < 4.78 is 32.3. The Morgan fingerprint density at radius 3 is 1.09 bits per heavy atom. The standard InChI is InChI=1S/C22H46O8S2Si2/c1-25-33(26-2,27-3)19-13-17-31-21(23)15-11-9-7-8-10-12-16-22(24)32-18-14-20-34(28-4,29-5)30-6/h7-20H2,1-6H3. The summed E-state index contributed by atoms with van der Waals surface area (Å²) >= 11 is 2.79. The molecule has 0 heterocycles. The Kier molecular flexibility index (Phi) is 21.5. The molecular formula is C22H46O8S2Si2. The second-order valence-corrected chi connectivity index (χ2v) is 16.3. The number of carbonyl (C=O) groups excluding carboxylic acids is 2. The van der Waals surface area contributed by atoms with Crippen LogP contribution in [0.15, 0.2) is 0 Å². The van der Waals surface area contributed by atoms with Crippen molar-refractivity contribution in [3.63, 3.8) is 0 Å². The molecule has 202 valence electrons. The molecule has 0 saturated carbocycles. The maximum atomic E-state index is 12.0. The van der Waals surface area contributed by atoms with E-state index in [1.165, 1.54) is 23.5 Å². The lowest BCUT2D eigenvalue weighted by Crippen LogP contribution is -2.42. The molecule has 0 aromatic rings. The molecule has 0 bridgehead atoms. The topological polar surface area (TPSA) is 89.5 Å². The molecule has 0 rings (SSSR count). The van der Waals surface area contributed by atoms with E-state index in [0.29, 0.717) is 12.8 Å². The highest BCUT2D eigenvalue weighted by Gasteiger charge is 2.37. The van der Waals surface area contributed by atoms with E-state index in [1.54, 1.807) is 42.7 Å². The van der Waals surface area contributed by atoms with Gasteiger partial charge >= 0.3 is 17.6 Å². The van der Waals surface area contributed by atoms with Crippen LogP contribution in [0.1, 0.15) is 64.2 Å². The van der Waals surface area contributed by atoms with Gasteiger partial charge in [0, 0.05) is 79.1 Å². The normalized spacial score (nSPS) is 12.3. The number of thioether (sulfide) groups is 2. The minimum Gasteiger partial charge on any atom is -0.377 e. The molecule has 0 atom stereocenters. The molecule has 0 amide bonds. The summed E-state index contributed by atoms with van der Waals surface area (Å²) in [5, 5.41) is 0.507. The van der Waals surface area contributed by atoms with Gasteiger partial charge in [-0.25, -0.2) is 0 Å². The molecule has 0 radical (unpaired) electrons. The highest BCUT2D eigenvalue weighted by molar-refractivity contribution is 8.13. The molecule has 0 aliphatic carbocycles. The van der Waals surface area contributed by atoms with Gasteiger partial charge in [0.2, 0.25) is 0 Å². The molecule has 0 aliphatic rings. The second kappa shape index (κ2) is 21.3. The zero-order valence-electron chi connectivity index (χ0n) is 22.0. The van der Waals surface area contributed by atoms with E-state index in [9.17, 15) is 9.59 Å². The second-order valence-electron chi connectivity index (χ2n) is 7.86. The van der Waals surface area contributed by atoms with E-state index in [-0.39, 0.29) is 10.2 Å².